The number of carbonyl (C=O) groups is 1. The van der Waals surface area contributed by atoms with Gasteiger partial charge in [0, 0.05) is 17.4 Å². The largest absolute Gasteiger partial charge is 0.497 e. The van der Waals surface area contributed by atoms with Gasteiger partial charge in [0.1, 0.15) is 11.5 Å². The van der Waals surface area contributed by atoms with Gasteiger partial charge in [-0.1, -0.05) is 12.1 Å². The average Bonchev–Trinajstić information content (AvgIpc) is 2.80. The molecule has 0 bridgehead atoms. The number of anilines is 4. The minimum absolute atomic E-state index is 0.0629. The highest BCUT2D eigenvalue weighted by molar-refractivity contribution is 7.92. The van der Waals surface area contributed by atoms with Gasteiger partial charge in [0.05, 0.1) is 36.9 Å². The van der Waals surface area contributed by atoms with Crippen LogP contribution < -0.4 is 24.8 Å². The number of sulfonamides is 1. The van der Waals surface area contributed by atoms with Crippen molar-refractivity contribution in [3.63, 3.8) is 0 Å². The molecule has 0 saturated heterocycles. The van der Waals surface area contributed by atoms with Crippen LogP contribution in [0.4, 0.5) is 22.7 Å². The molecule has 0 unspecified atom stereocenters. The highest BCUT2D eigenvalue weighted by Crippen LogP contribution is 2.30. The first-order chi connectivity index (χ1) is 15.3. The van der Waals surface area contributed by atoms with Gasteiger partial charge in [0.15, 0.2) is 0 Å². The van der Waals surface area contributed by atoms with E-state index in [1.54, 1.807) is 44.4 Å². The second kappa shape index (κ2) is 10.1. The third-order valence-corrected chi connectivity index (χ3v) is 5.94. The Morgan fingerprint density at radius 3 is 2.22 bits per heavy atom. The van der Waals surface area contributed by atoms with Crippen molar-refractivity contribution in [3.8, 4) is 11.5 Å². The van der Waals surface area contributed by atoms with E-state index in [0.717, 1.165) is 11.4 Å². The predicted molar refractivity (Wildman–Crippen MR) is 127 cm³/mol. The Bertz CT molecular complexity index is 1190. The molecule has 0 heterocycles. The van der Waals surface area contributed by atoms with Crippen LogP contribution in [0.2, 0.25) is 0 Å². The molecule has 0 aromatic heterocycles. The lowest BCUT2D eigenvalue weighted by Gasteiger charge is -2.15. The van der Waals surface area contributed by atoms with E-state index in [4.69, 9.17) is 9.47 Å². The van der Waals surface area contributed by atoms with Crippen molar-refractivity contribution in [2.24, 2.45) is 0 Å². The van der Waals surface area contributed by atoms with E-state index >= 15 is 0 Å². The quantitative estimate of drug-likeness (QED) is 0.440. The molecule has 9 heteroatoms. The molecule has 0 fully saturated rings. The summed E-state index contributed by atoms with van der Waals surface area (Å²) < 4.78 is 36.6. The fraction of sp³-hybridized carbons (Fsp3) is 0.174. The van der Waals surface area contributed by atoms with Gasteiger partial charge < -0.3 is 20.1 Å². The first-order valence-electron chi connectivity index (χ1n) is 9.85. The second-order valence-corrected chi connectivity index (χ2v) is 8.78. The number of benzene rings is 3. The molecular weight excluding hydrogens is 430 g/mol. The number of methoxy groups -OCH3 is 2. The van der Waals surface area contributed by atoms with Crippen LogP contribution in [-0.4, -0.2) is 34.3 Å². The Kier molecular flexibility index (Phi) is 7.21. The van der Waals surface area contributed by atoms with E-state index in [2.05, 4.69) is 15.4 Å². The summed E-state index contributed by atoms with van der Waals surface area (Å²) in [6.45, 7) is 1.54. The summed E-state index contributed by atoms with van der Waals surface area (Å²) in [5, 5.41) is 6.06. The second-order valence-electron chi connectivity index (χ2n) is 6.77. The molecule has 0 aliphatic rings. The van der Waals surface area contributed by atoms with Gasteiger partial charge in [0.25, 0.3) is 5.91 Å². The number of hydrogen-bond donors (Lipinski definition) is 3. The number of carbonyl (C=O) groups excluding carboxylic acids is 1. The maximum absolute atomic E-state index is 13.0. The highest BCUT2D eigenvalue weighted by atomic mass is 32.2. The van der Waals surface area contributed by atoms with Gasteiger partial charge in [-0.3, -0.25) is 9.52 Å². The normalized spacial score (nSPS) is 10.8. The summed E-state index contributed by atoms with van der Waals surface area (Å²) in [5.74, 6) is 0.641. The Morgan fingerprint density at radius 2 is 1.56 bits per heavy atom. The molecule has 3 aromatic carbocycles. The molecular formula is C23H25N3O5S. The number of nitrogens with one attached hydrogen (secondary N) is 3. The topological polar surface area (TPSA) is 106 Å². The van der Waals surface area contributed by atoms with Gasteiger partial charge in [-0.2, -0.15) is 0 Å². The fourth-order valence-corrected chi connectivity index (χ4v) is 3.56. The first-order valence-corrected chi connectivity index (χ1v) is 11.5. The first kappa shape index (κ1) is 23.0. The molecule has 168 valence electrons. The van der Waals surface area contributed by atoms with E-state index in [-0.39, 0.29) is 11.7 Å². The zero-order valence-electron chi connectivity index (χ0n) is 18.0. The summed E-state index contributed by atoms with van der Waals surface area (Å²) in [4.78, 5) is 13.0. The number of hydrogen-bond acceptors (Lipinski definition) is 6. The van der Waals surface area contributed by atoms with E-state index in [1.165, 1.54) is 7.11 Å². The van der Waals surface area contributed by atoms with E-state index < -0.39 is 10.0 Å². The van der Waals surface area contributed by atoms with Gasteiger partial charge in [-0.25, -0.2) is 8.42 Å². The van der Waals surface area contributed by atoms with Crippen LogP contribution >= 0.6 is 0 Å². The van der Waals surface area contributed by atoms with Gasteiger partial charge in [-0.05, 0) is 55.5 Å². The molecule has 32 heavy (non-hydrogen) atoms. The predicted octanol–water partition coefficient (Wildman–Crippen LogP) is 4.46. The molecule has 3 N–H and O–H groups in total. The van der Waals surface area contributed by atoms with E-state index in [0.29, 0.717) is 28.4 Å². The molecule has 0 radical (unpaired) electrons. The van der Waals surface area contributed by atoms with Crippen LogP contribution in [0.5, 0.6) is 11.5 Å². The van der Waals surface area contributed by atoms with Crippen molar-refractivity contribution >= 4 is 38.7 Å². The van der Waals surface area contributed by atoms with Gasteiger partial charge in [0.2, 0.25) is 10.0 Å². The Balaban J connectivity index is 1.80. The van der Waals surface area contributed by atoms with Crippen LogP contribution in [0.25, 0.3) is 0 Å². The maximum atomic E-state index is 13.0. The van der Waals surface area contributed by atoms with Gasteiger partial charge in [-0.15, -0.1) is 0 Å². The molecule has 3 aromatic rings. The fourth-order valence-electron chi connectivity index (χ4n) is 2.91. The average molecular weight is 456 g/mol. The van der Waals surface area contributed by atoms with Gasteiger partial charge >= 0.3 is 0 Å². The van der Waals surface area contributed by atoms with Crippen LogP contribution in [0.1, 0.15) is 17.3 Å². The number of ether oxygens (including phenoxy) is 2. The lowest BCUT2D eigenvalue weighted by molar-refractivity contribution is 0.102. The molecule has 0 saturated carbocycles. The zero-order valence-corrected chi connectivity index (χ0v) is 18.8. The molecule has 0 aliphatic heterocycles. The zero-order chi connectivity index (χ0) is 23.1. The molecule has 0 spiro atoms. The minimum Gasteiger partial charge on any atom is -0.497 e. The maximum Gasteiger partial charge on any atom is 0.257 e. The Labute approximate surface area is 187 Å². The van der Waals surface area contributed by atoms with Crippen molar-refractivity contribution in [2.45, 2.75) is 6.92 Å². The summed E-state index contributed by atoms with van der Waals surface area (Å²) in [6, 6.07) is 19.2. The minimum atomic E-state index is -3.46. The summed E-state index contributed by atoms with van der Waals surface area (Å²) >= 11 is 0. The smallest absolute Gasteiger partial charge is 0.257 e. The number of rotatable bonds is 9. The molecule has 0 aliphatic carbocycles. The van der Waals surface area contributed by atoms with Crippen molar-refractivity contribution in [3.05, 3.63) is 72.3 Å². The van der Waals surface area contributed by atoms with Crippen molar-refractivity contribution in [1.29, 1.82) is 0 Å². The Morgan fingerprint density at radius 1 is 0.875 bits per heavy atom. The standard InChI is InChI=1S/C23H25N3O5S/c1-4-32(28,29)26-21-14-11-17(15-22(21)31-3)25-23(27)19-7-5-6-8-20(19)24-16-9-12-18(30-2)13-10-16/h5-15,24,26H,4H2,1-3H3,(H,25,27). The highest BCUT2D eigenvalue weighted by Gasteiger charge is 2.15. The van der Waals surface area contributed by atoms with Crippen molar-refractivity contribution in [1.82, 2.24) is 0 Å². The van der Waals surface area contributed by atoms with Crippen LogP contribution in [0.3, 0.4) is 0 Å². The number of para-hydroxylation sites is 1. The van der Waals surface area contributed by atoms with E-state index in [9.17, 15) is 13.2 Å². The van der Waals surface area contributed by atoms with Crippen molar-refractivity contribution in [2.75, 3.05) is 35.3 Å². The van der Waals surface area contributed by atoms with Crippen LogP contribution in [0.15, 0.2) is 66.7 Å². The van der Waals surface area contributed by atoms with E-state index in [1.807, 2.05) is 36.4 Å². The molecule has 3 rings (SSSR count). The lowest BCUT2D eigenvalue weighted by atomic mass is 10.1. The van der Waals surface area contributed by atoms with Crippen LogP contribution in [-0.2, 0) is 10.0 Å². The number of amides is 1. The van der Waals surface area contributed by atoms with Crippen LogP contribution in [0, 0.1) is 0 Å². The third-order valence-electron chi connectivity index (χ3n) is 4.65. The monoisotopic (exact) mass is 455 g/mol. The SMILES string of the molecule is CCS(=O)(=O)Nc1ccc(NC(=O)c2ccccc2Nc2ccc(OC)cc2)cc1OC. The molecule has 1 amide bonds. The molecule has 8 nitrogen and oxygen atoms in total. The van der Waals surface area contributed by atoms with Crippen molar-refractivity contribution < 1.29 is 22.7 Å². The lowest BCUT2D eigenvalue weighted by Crippen LogP contribution is -2.16. The summed E-state index contributed by atoms with van der Waals surface area (Å²) in [5.41, 5.74) is 2.65. The third kappa shape index (κ3) is 5.70. The Hall–Kier alpha value is -3.72. The summed E-state index contributed by atoms with van der Waals surface area (Å²) in [7, 11) is -0.428. The molecule has 0 atom stereocenters. The summed E-state index contributed by atoms with van der Waals surface area (Å²) in [6.07, 6.45) is 0.